The highest BCUT2D eigenvalue weighted by molar-refractivity contribution is 5.96. The lowest BCUT2D eigenvalue weighted by Gasteiger charge is -2.24. The minimum absolute atomic E-state index is 0.0406. The molecule has 1 saturated heterocycles. The SMILES string of the molecule is CC(C)c1c(-c2c[nH]c3ccc(C#CCN4CCOCC4)cc23)nc2n(c1=O)CC(C)(C)N2. The summed E-state index contributed by atoms with van der Waals surface area (Å²) in [4.78, 5) is 24.1. The maximum atomic E-state index is 13.4. The van der Waals surface area contributed by atoms with Crippen LogP contribution in [0.15, 0.2) is 29.2 Å². The van der Waals surface area contributed by atoms with Crippen molar-refractivity contribution in [3.8, 4) is 23.1 Å². The second-order valence-electron chi connectivity index (χ2n) is 9.91. The maximum absolute atomic E-state index is 13.4. The summed E-state index contributed by atoms with van der Waals surface area (Å²) < 4.78 is 7.18. The van der Waals surface area contributed by atoms with Crippen molar-refractivity contribution < 1.29 is 4.74 Å². The van der Waals surface area contributed by atoms with Crippen molar-refractivity contribution in [2.24, 2.45) is 0 Å². The molecule has 2 N–H and O–H groups in total. The van der Waals surface area contributed by atoms with Gasteiger partial charge in [-0.25, -0.2) is 4.98 Å². The van der Waals surface area contributed by atoms with Crippen LogP contribution < -0.4 is 10.9 Å². The highest BCUT2D eigenvalue weighted by Gasteiger charge is 2.32. The van der Waals surface area contributed by atoms with Crippen molar-refractivity contribution in [1.82, 2.24) is 19.4 Å². The smallest absolute Gasteiger partial charge is 0.259 e. The number of hydrogen-bond acceptors (Lipinski definition) is 5. The molecule has 172 valence electrons. The van der Waals surface area contributed by atoms with Gasteiger partial charge in [-0.15, -0.1) is 0 Å². The molecule has 2 aromatic heterocycles. The lowest BCUT2D eigenvalue weighted by molar-refractivity contribution is 0.0443. The number of rotatable bonds is 3. The summed E-state index contributed by atoms with van der Waals surface area (Å²) in [5, 5.41) is 4.44. The largest absolute Gasteiger partial charge is 0.379 e. The number of benzene rings is 1. The van der Waals surface area contributed by atoms with Gasteiger partial charge in [0.05, 0.1) is 37.5 Å². The minimum atomic E-state index is -0.199. The minimum Gasteiger partial charge on any atom is -0.379 e. The van der Waals surface area contributed by atoms with Crippen LogP contribution in [0, 0.1) is 11.8 Å². The number of ether oxygens (including phenoxy) is 1. The Hall–Kier alpha value is -3.08. The van der Waals surface area contributed by atoms with Gasteiger partial charge in [0.15, 0.2) is 0 Å². The third kappa shape index (κ3) is 4.17. The highest BCUT2D eigenvalue weighted by atomic mass is 16.5. The number of morpholine rings is 1. The van der Waals surface area contributed by atoms with E-state index in [0.717, 1.165) is 66.1 Å². The summed E-state index contributed by atoms with van der Waals surface area (Å²) >= 11 is 0. The summed E-state index contributed by atoms with van der Waals surface area (Å²) in [5.41, 5.74) is 4.25. The Kier molecular flexibility index (Phi) is 5.51. The molecule has 5 rings (SSSR count). The molecule has 0 radical (unpaired) electrons. The molecular weight excluding hydrogens is 414 g/mol. The van der Waals surface area contributed by atoms with Crippen LogP contribution in [-0.2, 0) is 11.3 Å². The number of aromatic amines is 1. The van der Waals surface area contributed by atoms with E-state index in [0.29, 0.717) is 12.5 Å². The van der Waals surface area contributed by atoms with Crippen LogP contribution in [-0.4, -0.2) is 57.8 Å². The number of nitrogens with zero attached hydrogens (tertiary/aromatic N) is 3. The fourth-order valence-electron chi connectivity index (χ4n) is 4.68. The topological polar surface area (TPSA) is 75.2 Å². The van der Waals surface area contributed by atoms with Gasteiger partial charge in [-0.3, -0.25) is 14.3 Å². The second-order valence-corrected chi connectivity index (χ2v) is 9.91. The van der Waals surface area contributed by atoms with Crippen molar-refractivity contribution in [2.75, 3.05) is 38.2 Å². The zero-order valence-corrected chi connectivity index (χ0v) is 19.8. The summed E-state index contributed by atoms with van der Waals surface area (Å²) in [5.74, 6) is 7.31. The van der Waals surface area contributed by atoms with Gasteiger partial charge in [-0.05, 0) is 38.0 Å². The number of nitrogens with one attached hydrogen (secondary N) is 2. The van der Waals surface area contributed by atoms with Gasteiger partial charge in [0.2, 0.25) is 5.95 Å². The maximum Gasteiger partial charge on any atom is 0.259 e. The van der Waals surface area contributed by atoms with Gasteiger partial charge in [-0.2, -0.15) is 0 Å². The molecule has 1 aromatic carbocycles. The van der Waals surface area contributed by atoms with E-state index in [4.69, 9.17) is 9.72 Å². The molecule has 0 spiro atoms. The van der Waals surface area contributed by atoms with E-state index in [9.17, 15) is 4.79 Å². The van der Waals surface area contributed by atoms with Crippen molar-refractivity contribution >= 4 is 16.9 Å². The quantitative estimate of drug-likeness (QED) is 0.605. The van der Waals surface area contributed by atoms with Crippen molar-refractivity contribution in [3.05, 3.63) is 45.9 Å². The van der Waals surface area contributed by atoms with E-state index in [1.807, 2.05) is 18.3 Å². The molecule has 2 aliphatic rings. The standard InChI is InChI=1S/C26H31N5O2/c1-17(2)22-23(28-25-29-26(3,4)16-31(25)24(22)32)20-15-27-21-8-7-18(14-19(20)21)6-5-9-30-10-12-33-13-11-30/h7-8,14-15,17,27H,9-13,16H2,1-4H3,(H,28,29). The summed E-state index contributed by atoms with van der Waals surface area (Å²) in [6.07, 6.45) is 1.96. The molecule has 0 amide bonds. The molecule has 2 aliphatic heterocycles. The molecule has 1 fully saturated rings. The van der Waals surface area contributed by atoms with Crippen LogP contribution in [0.1, 0.15) is 44.7 Å². The lowest BCUT2D eigenvalue weighted by Crippen LogP contribution is -2.36. The first kappa shape index (κ1) is 21.7. The zero-order chi connectivity index (χ0) is 23.2. The number of aromatic nitrogens is 3. The Morgan fingerprint density at radius 3 is 2.79 bits per heavy atom. The van der Waals surface area contributed by atoms with Crippen LogP contribution in [0.4, 0.5) is 5.95 Å². The first-order chi connectivity index (χ1) is 15.8. The Morgan fingerprint density at radius 2 is 2.03 bits per heavy atom. The molecule has 7 heteroatoms. The lowest BCUT2D eigenvalue weighted by atomic mass is 9.97. The Balaban J connectivity index is 1.55. The number of anilines is 1. The van der Waals surface area contributed by atoms with Crippen LogP contribution in [0.3, 0.4) is 0 Å². The van der Waals surface area contributed by atoms with Crippen LogP contribution in [0.5, 0.6) is 0 Å². The van der Waals surface area contributed by atoms with Crippen molar-refractivity contribution in [2.45, 2.75) is 45.7 Å². The predicted molar refractivity (Wildman–Crippen MR) is 132 cm³/mol. The predicted octanol–water partition coefficient (Wildman–Crippen LogP) is 3.40. The molecule has 0 aliphatic carbocycles. The first-order valence-corrected chi connectivity index (χ1v) is 11.7. The van der Waals surface area contributed by atoms with E-state index in [1.54, 1.807) is 4.57 Å². The zero-order valence-electron chi connectivity index (χ0n) is 19.8. The average molecular weight is 446 g/mol. The monoisotopic (exact) mass is 445 g/mol. The average Bonchev–Trinajstić information content (AvgIpc) is 3.33. The Labute approximate surface area is 194 Å². The number of hydrogen-bond donors (Lipinski definition) is 2. The molecule has 0 atom stereocenters. The van der Waals surface area contributed by atoms with E-state index in [-0.39, 0.29) is 17.0 Å². The summed E-state index contributed by atoms with van der Waals surface area (Å²) in [6.45, 7) is 13.0. The third-order valence-electron chi connectivity index (χ3n) is 6.36. The second kappa shape index (κ2) is 8.36. The fraction of sp³-hybridized carbons (Fsp3) is 0.462. The van der Waals surface area contributed by atoms with Crippen LogP contribution in [0.25, 0.3) is 22.2 Å². The number of fused-ring (bicyclic) bond motifs is 2. The van der Waals surface area contributed by atoms with Gasteiger partial charge in [0.25, 0.3) is 5.56 Å². The van der Waals surface area contributed by atoms with E-state index >= 15 is 0 Å². The molecule has 0 bridgehead atoms. The molecular formula is C26H31N5O2. The normalized spacial score (nSPS) is 17.6. The van der Waals surface area contributed by atoms with Gasteiger partial charge in [0, 0.05) is 46.9 Å². The van der Waals surface area contributed by atoms with E-state index in [1.165, 1.54) is 0 Å². The molecule has 0 saturated carbocycles. The van der Waals surface area contributed by atoms with E-state index < -0.39 is 0 Å². The number of H-pyrrole nitrogens is 1. The molecule has 0 unspecified atom stereocenters. The molecule has 3 aromatic rings. The van der Waals surface area contributed by atoms with Crippen molar-refractivity contribution in [1.29, 1.82) is 0 Å². The van der Waals surface area contributed by atoms with Gasteiger partial charge in [-0.1, -0.05) is 25.7 Å². The summed E-state index contributed by atoms with van der Waals surface area (Å²) in [7, 11) is 0. The molecule has 33 heavy (non-hydrogen) atoms. The van der Waals surface area contributed by atoms with Crippen molar-refractivity contribution in [3.63, 3.8) is 0 Å². The van der Waals surface area contributed by atoms with Crippen LogP contribution >= 0.6 is 0 Å². The fourth-order valence-corrected chi connectivity index (χ4v) is 4.68. The molecule has 7 nitrogen and oxygen atoms in total. The highest BCUT2D eigenvalue weighted by Crippen LogP contribution is 2.34. The first-order valence-electron chi connectivity index (χ1n) is 11.7. The molecule has 4 heterocycles. The van der Waals surface area contributed by atoms with Gasteiger partial charge >= 0.3 is 0 Å². The van der Waals surface area contributed by atoms with Gasteiger partial charge in [0.1, 0.15) is 0 Å². The Morgan fingerprint density at radius 1 is 1.24 bits per heavy atom. The van der Waals surface area contributed by atoms with E-state index in [2.05, 4.69) is 60.8 Å². The van der Waals surface area contributed by atoms with Gasteiger partial charge < -0.3 is 15.0 Å². The summed E-state index contributed by atoms with van der Waals surface area (Å²) in [6, 6.07) is 6.18. The Bertz CT molecular complexity index is 1320. The third-order valence-corrected chi connectivity index (χ3v) is 6.36. The van der Waals surface area contributed by atoms with Crippen LogP contribution in [0.2, 0.25) is 0 Å².